The summed E-state index contributed by atoms with van der Waals surface area (Å²) >= 11 is 13.3. The van der Waals surface area contributed by atoms with Gasteiger partial charge in [-0.1, -0.05) is 23.2 Å². The third-order valence-corrected chi connectivity index (χ3v) is 6.35. The van der Waals surface area contributed by atoms with Crippen molar-refractivity contribution in [2.24, 2.45) is 16.6 Å². The van der Waals surface area contributed by atoms with E-state index in [1.54, 1.807) is 12.1 Å². The maximum atomic E-state index is 11.3. The van der Waals surface area contributed by atoms with E-state index in [0.29, 0.717) is 51.9 Å². The van der Waals surface area contributed by atoms with E-state index in [2.05, 4.69) is 25.6 Å². The number of amidine groups is 1. The molecule has 4 rings (SSSR count). The van der Waals surface area contributed by atoms with E-state index in [-0.39, 0.29) is 21.8 Å². The third-order valence-electron chi connectivity index (χ3n) is 5.60. The van der Waals surface area contributed by atoms with Crippen LogP contribution in [0.15, 0.2) is 35.2 Å². The number of rotatable bonds is 10. The van der Waals surface area contributed by atoms with Crippen LogP contribution in [0.3, 0.4) is 0 Å². The Bertz CT molecular complexity index is 1400. The van der Waals surface area contributed by atoms with Crippen molar-refractivity contribution in [2.75, 3.05) is 33.1 Å². The van der Waals surface area contributed by atoms with Crippen LogP contribution >= 0.6 is 23.2 Å². The summed E-state index contributed by atoms with van der Waals surface area (Å²) in [6, 6.07) is 3.32. The first-order valence-corrected chi connectivity index (χ1v) is 11.9. The number of anilines is 1. The smallest absolute Gasteiger partial charge is 0.326 e. The zero-order valence-electron chi connectivity index (χ0n) is 20.2. The molecule has 1 saturated carbocycles. The fraction of sp³-hybridized carbons (Fsp3) is 0.304. The van der Waals surface area contributed by atoms with Crippen LogP contribution in [0, 0.1) is 16.0 Å². The van der Waals surface area contributed by atoms with E-state index >= 15 is 0 Å². The van der Waals surface area contributed by atoms with Crippen molar-refractivity contribution in [3.8, 4) is 22.8 Å². The highest BCUT2D eigenvalue weighted by molar-refractivity contribution is 6.41. The number of nitrogens with zero attached hydrogens (tertiary/aromatic N) is 5. The molecular formula is C23H24Cl2N8O4. The molecule has 14 heteroatoms. The van der Waals surface area contributed by atoms with Gasteiger partial charge in [-0.15, -0.1) is 0 Å². The molecule has 0 aliphatic heterocycles. The van der Waals surface area contributed by atoms with Gasteiger partial charge in [0.05, 0.1) is 41.1 Å². The lowest BCUT2D eigenvalue weighted by atomic mass is 10.1. The molecule has 2 heterocycles. The zero-order valence-corrected chi connectivity index (χ0v) is 21.7. The largest absolute Gasteiger partial charge is 0.495 e. The van der Waals surface area contributed by atoms with Crippen LogP contribution in [0.1, 0.15) is 12.8 Å². The maximum Gasteiger partial charge on any atom is 0.326 e. The van der Waals surface area contributed by atoms with Gasteiger partial charge in [0.1, 0.15) is 17.0 Å². The summed E-state index contributed by atoms with van der Waals surface area (Å²) in [5.74, 6) is 1.33. The third kappa shape index (κ3) is 5.59. The first-order valence-electron chi connectivity index (χ1n) is 11.2. The summed E-state index contributed by atoms with van der Waals surface area (Å²) in [7, 11) is 4.50. The van der Waals surface area contributed by atoms with Crippen LogP contribution in [0.4, 0.5) is 11.8 Å². The van der Waals surface area contributed by atoms with E-state index < -0.39 is 10.6 Å². The molecule has 12 nitrogen and oxygen atoms in total. The molecule has 1 aliphatic carbocycles. The monoisotopic (exact) mass is 546 g/mol. The SMILES string of the molecule is CN/C=C(\C(N)=N\c1ncc2cc(-c3c(Cl)c(OC)cc(OC)c3Cl)nc(NCC3CC3)c2n1)[N+](=O)[O-]. The molecule has 1 fully saturated rings. The second-order valence-electron chi connectivity index (χ2n) is 8.14. The highest BCUT2D eigenvalue weighted by Gasteiger charge is 2.24. The number of aliphatic imine (C=N–C) groups is 1. The molecule has 0 atom stereocenters. The van der Waals surface area contributed by atoms with E-state index in [4.69, 9.17) is 43.4 Å². The van der Waals surface area contributed by atoms with Crippen LogP contribution in [0.25, 0.3) is 22.2 Å². The Hall–Kier alpha value is -3.90. The van der Waals surface area contributed by atoms with Crippen molar-refractivity contribution in [1.29, 1.82) is 0 Å². The average Bonchev–Trinajstić information content (AvgIpc) is 3.70. The zero-order chi connectivity index (χ0) is 26.7. The van der Waals surface area contributed by atoms with Gasteiger partial charge in [0.25, 0.3) is 5.95 Å². The number of nitrogens with two attached hydrogens (primary N) is 1. The minimum atomic E-state index is -0.650. The first-order chi connectivity index (χ1) is 17.8. The minimum absolute atomic E-state index is 0.0583. The summed E-state index contributed by atoms with van der Waals surface area (Å²) in [5, 5.41) is 18.4. The molecule has 0 spiro atoms. The summed E-state index contributed by atoms with van der Waals surface area (Å²) in [5.41, 5.74) is 6.76. The predicted molar refractivity (Wildman–Crippen MR) is 143 cm³/mol. The highest BCUT2D eigenvalue weighted by Crippen LogP contribution is 2.46. The van der Waals surface area contributed by atoms with Crippen molar-refractivity contribution in [3.05, 3.63) is 50.4 Å². The number of nitro groups is 1. The lowest BCUT2D eigenvalue weighted by Crippen LogP contribution is -2.22. The van der Waals surface area contributed by atoms with Crippen molar-refractivity contribution in [1.82, 2.24) is 20.3 Å². The summed E-state index contributed by atoms with van der Waals surface area (Å²) < 4.78 is 10.8. The molecule has 3 aromatic rings. The predicted octanol–water partition coefficient (Wildman–Crippen LogP) is 4.16. The molecule has 2 aromatic heterocycles. The molecule has 1 aromatic carbocycles. The molecule has 0 bridgehead atoms. The molecule has 0 unspecified atom stereocenters. The van der Waals surface area contributed by atoms with Crippen LogP contribution in [-0.4, -0.2) is 53.5 Å². The van der Waals surface area contributed by atoms with Gasteiger partial charge in [-0.25, -0.2) is 15.0 Å². The van der Waals surface area contributed by atoms with Crippen molar-refractivity contribution in [2.45, 2.75) is 12.8 Å². The fourth-order valence-electron chi connectivity index (χ4n) is 3.53. The van der Waals surface area contributed by atoms with Crippen molar-refractivity contribution in [3.63, 3.8) is 0 Å². The lowest BCUT2D eigenvalue weighted by Gasteiger charge is -2.16. The van der Waals surface area contributed by atoms with Crippen LogP contribution < -0.4 is 25.8 Å². The number of fused-ring (bicyclic) bond motifs is 1. The van der Waals surface area contributed by atoms with Gasteiger partial charge < -0.3 is 25.8 Å². The van der Waals surface area contributed by atoms with E-state index in [1.807, 2.05) is 0 Å². The molecule has 0 saturated heterocycles. The number of nitrogens with one attached hydrogen (secondary N) is 2. The molecule has 0 radical (unpaired) electrons. The van der Waals surface area contributed by atoms with Gasteiger partial charge in [0.15, 0.2) is 5.82 Å². The maximum absolute atomic E-state index is 11.3. The standard InChI is InChI=1S/C23H24Cl2N8O4/c1-27-10-14(33(34)35)21(26)32-23-29-9-12-6-13(30-22(20(12)31-23)28-8-11-4-5-11)17-18(24)15(36-2)7-16(37-3)19(17)25/h6-7,9-11,27H,4-5,8H2,1-3H3,(H,28,30)(H2,26,29,31,32)/b14-10+. The van der Waals surface area contributed by atoms with Gasteiger partial charge in [0, 0.05) is 36.8 Å². The minimum Gasteiger partial charge on any atom is -0.495 e. The van der Waals surface area contributed by atoms with E-state index in [0.717, 1.165) is 19.0 Å². The van der Waals surface area contributed by atoms with Gasteiger partial charge in [0.2, 0.25) is 5.84 Å². The van der Waals surface area contributed by atoms with Crippen molar-refractivity contribution < 1.29 is 14.4 Å². The number of pyridine rings is 1. The topological polar surface area (TPSA) is 163 Å². The molecule has 0 amide bonds. The van der Waals surface area contributed by atoms with E-state index in [1.165, 1.54) is 27.5 Å². The lowest BCUT2D eigenvalue weighted by molar-refractivity contribution is -0.415. The van der Waals surface area contributed by atoms with Crippen LogP contribution in [0.5, 0.6) is 11.5 Å². The Morgan fingerprint density at radius 1 is 1.24 bits per heavy atom. The van der Waals surface area contributed by atoms with E-state index in [9.17, 15) is 10.1 Å². The second kappa shape index (κ2) is 11.0. The van der Waals surface area contributed by atoms with Gasteiger partial charge in [-0.05, 0) is 24.8 Å². The number of benzene rings is 1. The molecular weight excluding hydrogens is 523 g/mol. The normalized spacial score (nSPS) is 14.0. The highest BCUT2D eigenvalue weighted by atomic mass is 35.5. The van der Waals surface area contributed by atoms with Gasteiger partial charge in [-0.3, -0.25) is 10.1 Å². The Kier molecular flexibility index (Phi) is 7.79. The number of hydrogen-bond acceptors (Lipinski definition) is 10. The van der Waals surface area contributed by atoms with Crippen molar-refractivity contribution >= 4 is 51.7 Å². The molecule has 4 N–H and O–H groups in total. The van der Waals surface area contributed by atoms with Gasteiger partial charge >= 0.3 is 5.70 Å². The number of hydrogen-bond donors (Lipinski definition) is 3. The Morgan fingerprint density at radius 3 is 2.49 bits per heavy atom. The Morgan fingerprint density at radius 2 is 1.92 bits per heavy atom. The second-order valence-corrected chi connectivity index (χ2v) is 8.90. The number of ether oxygens (including phenoxy) is 2. The number of aromatic nitrogens is 3. The molecule has 194 valence electrons. The Balaban J connectivity index is 1.87. The summed E-state index contributed by atoms with van der Waals surface area (Å²) in [6.45, 7) is 0.690. The van der Waals surface area contributed by atoms with Crippen LogP contribution in [0.2, 0.25) is 10.0 Å². The van der Waals surface area contributed by atoms with Crippen LogP contribution in [-0.2, 0) is 0 Å². The average molecular weight is 547 g/mol. The number of methoxy groups -OCH3 is 2. The first kappa shape index (κ1) is 26.2. The Labute approximate surface area is 222 Å². The summed E-state index contributed by atoms with van der Waals surface area (Å²) in [4.78, 5) is 28.2. The fourth-order valence-corrected chi connectivity index (χ4v) is 4.23. The van der Waals surface area contributed by atoms with Gasteiger partial charge in [-0.2, -0.15) is 4.99 Å². The molecule has 1 aliphatic rings. The summed E-state index contributed by atoms with van der Waals surface area (Å²) in [6.07, 6.45) is 4.90. The molecule has 37 heavy (non-hydrogen) atoms. The number of halogens is 2. The quantitative estimate of drug-likeness (QED) is 0.145.